The Bertz CT molecular complexity index is 646. The van der Waals surface area contributed by atoms with Gasteiger partial charge < -0.3 is 15.4 Å². The van der Waals surface area contributed by atoms with E-state index in [-0.39, 0.29) is 11.4 Å². The van der Waals surface area contributed by atoms with Crippen molar-refractivity contribution in [3.05, 3.63) is 41.0 Å². The Morgan fingerprint density at radius 3 is 2.72 bits per heavy atom. The van der Waals surface area contributed by atoms with Crippen molar-refractivity contribution >= 4 is 44.4 Å². The van der Waals surface area contributed by atoms with E-state index in [1.165, 1.54) is 11.1 Å². The van der Waals surface area contributed by atoms with Crippen LogP contribution in [0.25, 0.3) is 10.9 Å². The lowest BCUT2D eigenvalue weighted by Crippen LogP contribution is -2.11. The number of rotatable bonds is 3. The Hall–Kier alpha value is -2.08. The van der Waals surface area contributed by atoms with E-state index in [0.717, 1.165) is 0 Å². The molecule has 2 aromatic rings. The summed E-state index contributed by atoms with van der Waals surface area (Å²) < 4.78 is 0. The zero-order valence-electron chi connectivity index (χ0n) is 9.11. The minimum Gasteiger partial charge on any atom is -0.477 e. The van der Waals surface area contributed by atoms with Gasteiger partial charge in [-0.15, -0.1) is 0 Å². The molecule has 0 fully saturated rings. The van der Waals surface area contributed by atoms with Crippen LogP contribution in [0.5, 0.6) is 0 Å². The second-order valence-electron chi connectivity index (χ2n) is 3.51. The number of anilines is 1. The zero-order valence-corrected chi connectivity index (χ0v) is 10.7. The molecule has 18 heavy (non-hydrogen) atoms. The molecule has 0 saturated heterocycles. The number of hydrogen-bond donors (Lipinski definition) is 3. The summed E-state index contributed by atoms with van der Waals surface area (Å²) in [5, 5.41) is 12.3. The fraction of sp³-hybridized carbons (Fsp3) is 0. The first-order valence-corrected chi connectivity index (χ1v) is 5.97. The highest BCUT2D eigenvalue weighted by atomic mass is 79.9. The molecular formula is C12H9BrN2O3. The van der Waals surface area contributed by atoms with Crippen molar-refractivity contribution < 1.29 is 14.7 Å². The standard InChI is InChI=1S/C12H9BrN2O3/c13-6-5-9(16)15-10-7-3-1-2-4-8(7)14-11(10)12(17)18/h1-6,14H,(H,15,16)(H,17,18). The number of aromatic nitrogens is 1. The van der Waals surface area contributed by atoms with E-state index < -0.39 is 11.9 Å². The molecule has 2 rings (SSSR count). The van der Waals surface area contributed by atoms with E-state index in [2.05, 4.69) is 26.2 Å². The molecule has 0 aliphatic carbocycles. The van der Waals surface area contributed by atoms with Crippen LogP contribution in [0.1, 0.15) is 10.5 Å². The maximum atomic E-state index is 11.5. The molecule has 0 atom stereocenters. The van der Waals surface area contributed by atoms with Crippen LogP contribution in [0.2, 0.25) is 0 Å². The molecule has 0 spiro atoms. The summed E-state index contributed by atoms with van der Waals surface area (Å²) in [7, 11) is 0. The first-order chi connectivity index (χ1) is 8.63. The van der Waals surface area contributed by atoms with Crippen molar-refractivity contribution in [3.8, 4) is 0 Å². The second-order valence-corrected chi connectivity index (χ2v) is 4.04. The molecule has 6 heteroatoms. The number of carboxylic acid groups (broad SMARTS) is 1. The lowest BCUT2D eigenvalue weighted by atomic mass is 10.2. The van der Waals surface area contributed by atoms with E-state index in [1.54, 1.807) is 24.3 Å². The molecular weight excluding hydrogens is 300 g/mol. The number of nitrogens with one attached hydrogen (secondary N) is 2. The molecule has 1 aromatic carbocycles. The first kappa shape index (κ1) is 12.4. The largest absolute Gasteiger partial charge is 0.477 e. The highest BCUT2D eigenvalue weighted by molar-refractivity contribution is 9.11. The van der Waals surface area contributed by atoms with Crippen molar-refractivity contribution in [1.82, 2.24) is 4.98 Å². The van der Waals surface area contributed by atoms with Crippen LogP contribution >= 0.6 is 15.9 Å². The average molecular weight is 309 g/mol. The van der Waals surface area contributed by atoms with Crippen molar-refractivity contribution in [2.24, 2.45) is 0 Å². The van der Waals surface area contributed by atoms with Gasteiger partial charge in [0.05, 0.1) is 5.69 Å². The number of para-hydroxylation sites is 1. The van der Waals surface area contributed by atoms with Gasteiger partial charge in [0, 0.05) is 17.0 Å². The summed E-state index contributed by atoms with van der Waals surface area (Å²) in [4.78, 5) is 26.8. The van der Waals surface area contributed by atoms with Crippen molar-refractivity contribution in [1.29, 1.82) is 0 Å². The highest BCUT2D eigenvalue weighted by Gasteiger charge is 2.17. The van der Waals surface area contributed by atoms with E-state index >= 15 is 0 Å². The Morgan fingerprint density at radius 1 is 1.33 bits per heavy atom. The van der Waals surface area contributed by atoms with Crippen LogP contribution in [0, 0.1) is 0 Å². The molecule has 5 nitrogen and oxygen atoms in total. The van der Waals surface area contributed by atoms with Crippen molar-refractivity contribution in [2.75, 3.05) is 5.32 Å². The number of fused-ring (bicyclic) bond motifs is 1. The summed E-state index contributed by atoms with van der Waals surface area (Å²) in [5.74, 6) is -1.52. The van der Waals surface area contributed by atoms with Crippen LogP contribution in [0.4, 0.5) is 5.69 Å². The second kappa shape index (κ2) is 5.05. The van der Waals surface area contributed by atoms with Crippen molar-refractivity contribution in [3.63, 3.8) is 0 Å². The van der Waals surface area contributed by atoms with Gasteiger partial charge in [0.25, 0.3) is 0 Å². The fourth-order valence-electron chi connectivity index (χ4n) is 1.65. The zero-order chi connectivity index (χ0) is 13.1. The molecule has 92 valence electrons. The third-order valence-corrected chi connectivity index (χ3v) is 2.65. The summed E-state index contributed by atoms with van der Waals surface area (Å²) in [5.41, 5.74) is 0.897. The number of carbonyl (C=O) groups is 2. The number of aromatic carboxylic acids is 1. The lowest BCUT2D eigenvalue weighted by molar-refractivity contribution is -0.111. The molecule has 0 unspecified atom stereocenters. The number of amides is 1. The monoisotopic (exact) mass is 308 g/mol. The summed E-state index contributed by atoms with van der Waals surface area (Å²) in [6, 6.07) is 7.05. The van der Waals surface area contributed by atoms with Crippen LogP contribution in [0.15, 0.2) is 35.3 Å². The van der Waals surface area contributed by atoms with Gasteiger partial charge in [0.15, 0.2) is 0 Å². The van der Waals surface area contributed by atoms with Crippen molar-refractivity contribution in [2.45, 2.75) is 0 Å². The van der Waals surface area contributed by atoms with E-state index in [1.807, 2.05) is 0 Å². The summed E-state index contributed by atoms with van der Waals surface area (Å²) >= 11 is 2.99. The molecule has 0 aliphatic heterocycles. The van der Waals surface area contributed by atoms with Crippen LogP contribution < -0.4 is 5.32 Å². The maximum Gasteiger partial charge on any atom is 0.354 e. The van der Waals surface area contributed by atoms with E-state index in [0.29, 0.717) is 10.9 Å². The van der Waals surface area contributed by atoms with Gasteiger partial charge in [0.2, 0.25) is 5.91 Å². The highest BCUT2D eigenvalue weighted by Crippen LogP contribution is 2.27. The Morgan fingerprint density at radius 2 is 2.06 bits per heavy atom. The molecule has 0 aliphatic rings. The fourth-order valence-corrected chi connectivity index (χ4v) is 1.89. The topological polar surface area (TPSA) is 82.2 Å². The number of halogens is 1. The lowest BCUT2D eigenvalue weighted by Gasteiger charge is -2.01. The normalized spacial score (nSPS) is 10.9. The smallest absolute Gasteiger partial charge is 0.354 e. The number of H-pyrrole nitrogens is 1. The Kier molecular flexibility index (Phi) is 3.47. The van der Waals surface area contributed by atoms with Gasteiger partial charge in [-0.3, -0.25) is 4.79 Å². The first-order valence-electron chi connectivity index (χ1n) is 5.05. The number of aromatic amines is 1. The van der Waals surface area contributed by atoms with E-state index in [4.69, 9.17) is 5.11 Å². The average Bonchev–Trinajstić information content (AvgIpc) is 2.69. The quantitative estimate of drug-likeness (QED) is 0.762. The third-order valence-electron chi connectivity index (χ3n) is 2.38. The van der Waals surface area contributed by atoms with Crippen LogP contribution in [-0.4, -0.2) is 22.0 Å². The van der Waals surface area contributed by atoms with E-state index in [9.17, 15) is 9.59 Å². The number of carboxylic acids is 1. The van der Waals surface area contributed by atoms with Crippen LogP contribution in [0.3, 0.4) is 0 Å². The minimum atomic E-state index is -1.12. The van der Waals surface area contributed by atoms with Crippen LogP contribution in [-0.2, 0) is 4.79 Å². The van der Waals surface area contributed by atoms with Gasteiger partial charge in [-0.25, -0.2) is 4.79 Å². The molecule has 3 N–H and O–H groups in total. The maximum absolute atomic E-state index is 11.5. The third kappa shape index (κ3) is 2.28. The predicted octanol–water partition coefficient (Wildman–Crippen LogP) is 2.71. The predicted molar refractivity (Wildman–Crippen MR) is 72.0 cm³/mol. The molecule has 0 saturated carbocycles. The molecule has 0 bridgehead atoms. The van der Waals surface area contributed by atoms with Gasteiger partial charge >= 0.3 is 5.97 Å². The van der Waals surface area contributed by atoms with Gasteiger partial charge in [0.1, 0.15) is 5.69 Å². The SMILES string of the molecule is O=C(C=CBr)Nc1c(C(=O)O)[nH]c2ccccc12. The number of benzene rings is 1. The molecule has 1 heterocycles. The number of hydrogen-bond acceptors (Lipinski definition) is 2. The van der Waals surface area contributed by atoms with Gasteiger partial charge in [-0.2, -0.15) is 0 Å². The number of carbonyl (C=O) groups excluding carboxylic acids is 1. The Balaban J connectivity index is 2.55. The van der Waals surface area contributed by atoms with Gasteiger partial charge in [-0.05, 0) is 11.1 Å². The molecule has 0 radical (unpaired) electrons. The molecule has 1 aromatic heterocycles. The Labute approximate surface area is 111 Å². The minimum absolute atomic E-state index is 0.0347. The summed E-state index contributed by atoms with van der Waals surface area (Å²) in [6.45, 7) is 0. The summed E-state index contributed by atoms with van der Waals surface area (Å²) in [6.07, 6.45) is 1.26. The molecule has 1 amide bonds. The van der Waals surface area contributed by atoms with Gasteiger partial charge in [-0.1, -0.05) is 34.1 Å².